The molecule has 0 spiro atoms. The van der Waals surface area contributed by atoms with Crippen LogP contribution in [-0.2, 0) is 17.8 Å². The first kappa shape index (κ1) is 14.7. The molecule has 0 saturated carbocycles. The van der Waals surface area contributed by atoms with Crippen molar-refractivity contribution in [3.05, 3.63) is 46.1 Å². The number of hydrogen-bond acceptors (Lipinski definition) is 3. The number of anilines is 1. The quantitative estimate of drug-likeness (QED) is 0.881. The lowest BCUT2D eigenvalue weighted by Crippen LogP contribution is -2.14. The van der Waals surface area contributed by atoms with Crippen molar-refractivity contribution in [3.63, 3.8) is 0 Å². The number of rotatable bonds is 5. The zero-order valence-electron chi connectivity index (χ0n) is 11.5. The average molecular weight is 337 g/mol. The number of nitrogens with one attached hydrogen (secondary N) is 2. The summed E-state index contributed by atoms with van der Waals surface area (Å²) in [5, 5.41) is 9.76. The highest BCUT2D eigenvalue weighted by Gasteiger charge is 2.07. The molecule has 0 aliphatic rings. The lowest BCUT2D eigenvalue weighted by atomic mass is 10.1. The molecule has 1 heterocycles. The molecule has 1 aromatic heterocycles. The van der Waals surface area contributed by atoms with Gasteiger partial charge in [-0.25, -0.2) is 0 Å². The Bertz CT molecular complexity index is 577. The van der Waals surface area contributed by atoms with Crippen molar-refractivity contribution < 1.29 is 4.79 Å². The summed E-state index contributed by atoms with van der Waals surface area (Å²) in [6.07, 6.45) is 0.336. The van der Waals surface area contributed by atoms with Crippen LogP contribution in [0.1, 0.15) is 11.3 Å². The lowest BCUT2D eigenvalue weighted by molar-refractivity contribution is -0.115. The van der Waals surface area contributed by atoms with Gasteiger partial charge in [0.25, 0.3) is 0 Å². The molecule has 1 amide bonds. The topological polar surface area (TPSA) is 61.0 Å². The molecule has 5 nitrogen and oxygen atoms in total. The monoisotopic (exact) mass is 336 g/mol. The van der Waals surface area contributed by atoms with E-state index in [9.17, 15) is 4.79 Å². The first-order valence-electron chi connectivity index (χ1n) is 6.26. The standard InChI is InChI=1S/C14H17BrN4O/c1-19(2)9-12-8-13(18-17-12)16-14(20)7-10-3-5-11(15)6-4-10/h3-6,8H,7,9H2,1-2H3,(H2,16,17,18,20). The van der Waals surface area contributed by atoms with Crippen LogP contribution in [0.25, 0.3) is 0 Å². The maximum absolute atomic E-state index is 11.9. The van der Waals surface area contributed by atoms with E-state index in [1.807, 2.05) is 49.3 Å². The van der Waals surface area contributed by atoms with Gasteiger partial charge in [-0.2, -0.15) is 5.10 Å². The molecule has 0 fully saturated rings. The van der Waals surface area contributed by atoms with E-state index in [0.717, 1.165) is 22.3 Å². The van der Waals surface area contributed by atoms with Crippen molar-refractivity contribution in [1.82, 2.24) is 15.1 Å². The van der Waals surface area contributed by atoms with Crippen molar-refractivity contribution >= 4 is 27.7 Å². The Morgan fingerprint density at radius 3 is 2.70 bits per heavy atom. The summed E-state index contributed by atoms with van der Waals surface area (Å²) in [5.74, 6) is 0.485. The second kappa shape index (κ2) is 6.67. The summed E-state index contributed by atoms with van der Waals surface area (Å²) >= 11 is 3.37. The summed E-state index contributed by atoms with van der Waals surface area (Å²) in [5.41, 5.74) is 1.93. The molecule has 0 saturated heterocycles. The predicted octanol–water partition coefficient (Wildman–Crippen LogP) is 2.42. The van der Waals surface area contributed by atoms with Crippen LogP contribution in [0.3, 0.4) is 0 Å². The molecule has 1 aromatic carbocycles. The van der Waals surface area contributed by atoms with Gasteiger partial charge >= 0.3 is 0 Å². The van der Waals surface area contributed by atoms with Gasteiger partial charge in [0.2, 0.25) is 5.91 Å². The fraction of sp³-hybridized carbons (Fsp3) is 0.286. The minimum absolute atomic E-state index is 0.0739. The number of nitrogens with zero attached hydrogens (tertiary/aromatic N) is 2. The van der Waals surface area contributed by atoms with Crippen LogP contribution < -0.4 is 5.32 Å². The van der Waals surface area contributed by atoms with Crippen LogP contribution in [0.5, 0.6) is 0 Å². The summed E-state index contributed by atoms with van der Waals surface area (Å²) in [6, 6.07) is 9.54. The molecular weight excluding hydrogens is 320 g/mol. The number of hydrogen-bond donors (Lipinski definition) is 2. The predicted molar refractivity (Wildman–Crippen MR) is 82.5 cm³/mol. The van der Waals surface area contributed by atoms with Crippen molar-refractivity contribution in [3.8, 4) is 0 Å². The molecule has 2 N–H and O–H groups in total. The number of aromatic amines is 1. The van der Waals surface area contributed by atoms with Gasteiger partial charge in [0, 0.05) is 17.1 Å². The molecule has 0 unspecified atom stereocenters. The average Bonchev–Trinajstić information content (AvgIpc) is 2.78. The molecule has 0 aliphatic carbocycles. The minimum atomic E-state index is -0.0739. The second-order valence-corrected chi connectivity index (χ2v) is 5.78. The first-order chi connectivity index (χ1) is 9.52. The van der Waals surface area contributed by atoms with E-state index in [-0.39, 0.29) is 5.91 Å². The van der Waals surface area contributed by atoms with Gasteiger partial charge in [0.15, 0.2) is 5.82 Å². The van der Waals surface area contributed by atoms with E-state index in [0.29, 0.717) is 12.2 Å². The van der Waals surface area contributed by atoms with Gasteiger partial charge in [-0.05, 0) is 31.8 Å². The molecule has 20 heavy (non-hydrogen) atoms. The zero-order chi connectivity index (χ0) is 14.5. The van der Waals surface area contributed by atoms with Gasteiger partial charge in [0.1, 0.15) is 0 Å². The summed E-state index contributed by atoms with van der Waals surface area (Å²) in [4.78, 5) is 13.9. The number of amides is 1. The van der Waals surface area contributed by atoms with E-state index in [4.69, 9.17) is 0 Å². The van der Waals surface area contributed by atoms with Crippen LogP contribution in [0.2, 0.25) is 0 Å². The highest BCUT2D eigenvalue weighted by Crippen LogP contribution is 2.12. The van der Waals surface area contributed by atoms with Crippen LogP contribution >= 0.6 is 15.9 Å². The zero-order valence-corrected chi connectivity index (χ0v) is 13.1. The SMILES string of the molecule is CN(C)Cc1cc(NC(=O)Cc2ccc(Br)cc2)n[nH]1. The second-order valence-electron chi connectivity index (χ2n) is 4.87. The molecule has 6 heteroatoms. The fourth-order valence-electron chi connectivity index (χ4n) is 1.82. The Morgan fingerprint density at radius 2 is 2.05 bits per heavy atom. The molecule has 106 valence electrons. The third kappa shape index (κ3) is 4.47. The van der Waals surface area contributed by atoms with Crippen LogP contribution in [0.4, 0.5) is 5.82 Å². The maximum atomic E-state index is 11.9. The lowest BCUT2D eigenvalue weighted by Gasteiger charge is -2.05. The summed E-state index contributed by atoms with van der Waals surface area (Å²) in [6.45, 7) is 0.760. The van der Waals surface area contributed by atoms with Gasteiger partial charge in [-0.3, -0.25) is 9.89 Å². The van der Waals surface area contributed by atoms with Crippen molar-refractivity contribution in [2.75, 3.05) is 19.4 Å². The molecule has 2 aromatic rings. The normalized spacial score (nSPS) is 10.8. The van der Waals surface area contributed by atoms with E-state index in [2.05, 4.69) is 31.4 Å². The highest BCUT2D eigenvalue weighted by molar-refractivity contribution is 9.10. The number of H-pyrrole nitrogens is 1. The number of carbonyl (C=O) groups excluding carboxylic acids is 1. The fourth-order valence-corrected chi connectivity index (χ4v) is 2.09. The molecule has 0 aliphatic heterocycles. The Labute approximate surface area is 126 Å². The van der Waals surface area contributed by atoms with E-state index in [1.54, 1.807) is 0 Å². The number of carbonyl (C=O) groups is 1. The van der Waals surface area contributed by atoms with Crippen molar-refractivity contribution in [2.45, 2.75) is 13.0 Å². The Morgan fingerprint density at radius 1 is 1.35 bits per heavy atom. The highest BCUT2D eigenvalue weighted by atomic mass is 79.9. The van der Waals surface area contributed by atoms with E-state index >= 15 is 0 Å². The first-order valence-corrected chi connectivity index (χ1v) is 7.05. The molecule has 0 atom stereocenters. The van der Waals surface area contributed by atoms with Crippen molar-refractivity contribution in [2.24, 2.45) is 0 Å². The van der Waals surface area contributed by atoms with Crippen LogP contribution in [0.15, 0.2) is 34.8 Å². The number of benzene rings is 1. The van der Waals surface area contributed by atoms with E-state index in [1.165, 1.54) is 0 Å². The van der Waals surface area contributed by atoms with E-state index < -0.39 is 0 Å². The summed E-state index contributed by atoms with van der Waals surface area (Å²) in [7, 11) is 3.96. The smallest absolute Gasteiger partial charge is 0.229 e. The molecule has 0 radical (unpaired) electrons. The van der Waals surface area contributed by atoms with Gasteiger partial charge < -0.3 is 10.2 Å². The van der Waals surface area contributed by atoms with Gasteiger partial charge in [0.05, 0.1) is 12.1 Å². The molecule has 0 bridgehead atoms. The summed E-state index contributed by atoms with van der Waals surface area (Å²) < 4.78 is 1.00. The molecular formula is C14H17BrN4O. The minimum Gasteiger partial charge on any atom is -0.309 e. The largest absolute Gasteiger partial charge is 0.309 e. The number of aromatic nitrogens is 2. The third-order valence-electron chi connectivity index (χ3n) is 2.66. The third-order valence-corrected chi connectivity index (χ3v) is 3.19. The Kier molecular flexibility index (Phi) is 4.92. The van der Waals surface area contributed by atoms with Crippen molar-refractivity contribution in [1.29, 1.82) is 0 Å². The maximum Gasteiger partial charge on any atom is 0.229 e. The van der Waals surface area contributed by atoms with Crippen LogP contribution in [0, 0.1) is 0 Å². The van der Waals surface area contributed by atoms with Crippen LogP contribution in [-0.4, -0.2) is 35.1 Å². The Hall–Kier alpha value is -1.66. The van der Waals surface area contributed by atoms with Gasteiger partial charge in [-0.15, -0.1) is 0 Å². The number of halogens is 1. The Balaban J connectivity index is 1.91. The van der Waals surface area contributed by atoms with Gasteiger partial charge in [-0.1, -0.05) is 28.1 Å². The molecule has 2 rings (SSSR count).